The van der Waals surface area contributed by atoms with Crippen molar-refractivity contribution < 1.29 is 0 Å². The zero-order valence-corrected chi connectivity index (χ0v) is 8.13. The van der Waals surface area contributed by atoms with E-state index >= 15 is 0 Å². The van der Waals surface area contributed by atoms with Crippen LogP contribution in [0.2, 0.25) is 0 Å². The fraction of sp³-hybridized carbons (Fsp3) is 1.00. The lowest BCUT2D eigenvalue weighted by molar-refractivity contribution is 0.603. The van der Waals surface area contributed by atoms with Gasteiger partial charge in [-0.25, -0.2) is 0 Å². The molecule has 0 aliphatic carbocycles. The molecular formula is C8H19NS. The second-order valence-electron chi connectivity index (χ2n) is 2.74. The molecule has 0 heterocycles. The van der Waals surface area contributed by atoms with Crippen LogP contribution >= 0.6 is 11.8 Å². The van der Waals surface area contributed by atoms with Crippen molar-refractivity contribution in [2.24, 2.45) is 5.92 Å². The molecule has 0 aliphatic heterocycles. The minimum Gasteiger partial charge on any atom is -0.319 e. The maximum Gasteiger partial charge on any atom is -0.00183 e. The van der Waals surface area contributed by atoms with Crippen molar-refractivity contribution in [3.63, 3.8) is 0 Å². The first-order chi connectivity index (χ1) is 4.81. The normalized spacial score (nSPS) is 13.5. The fourth-order valence-electron chi connectivity index (χ4n) is 0.836. The van der Waals surface area contributed by atoms with Gasteiger partial charge in [-0.1, -0.05) is 13.8 Å². The molecule has 1 atom stereocenters. The average Bonchev–Trinajstić information content (AvgIpc) is 1.89. The van der Waals surface area contributed by atoms with Gasteiger partial charge in [-0.2, -0.15) is 11.8 Å². The van der Waals surface area contributed by atoms with E-state index in [-0.39, 0.29) is 0 Å². The molecule has 0 aliphatic rings. The van der Waals surface area contributed by atoms with Crippen molar-refractivity contribution in [2.75, 3.05) is 25.1 Å². The van der Waals surface area contributed by atoms with E-state index in [1.165, 1.54) is 17.9 Å². The largest absolute Gasteiger partial charge is 0.319 e. The van der Waals surface area contributed by atoms with Crippen molar-refractivity contribution in [2.45, 2.75) is 20.3 Å². The van der Waals surface area contributed by atoms with Crippen molar-refractivity contribution in [1.29, 1.82) is 0 Å². The lowest BCUT2D eigenvalue weighted by atomic mass is 10.2. The van der Waals surface area contributed by atoms with Gasteiger partial charge in [0, 0.05) is 0 Å². The van der Waals surface area contributed by atoms with Gasteiger partial charge in [0.05, 0.1) is 0 Å². The lowest BCUT2D eigenvalue weighted by Gasteiger charge is -2.08. The molecule has 0 fully saturated rings. The van der Waals surface area contributed by atoms with Gasteiger partial charge < -0.3 is 5.32 Å². The van der Waals surface area contributed by atoms with Gasteiger partial charge in [-0.3, -0.25) is 0 Å². The van der Waals surface area contributed by atoms with Gasteiger partial charge in [0.1, 0.15) is 0 Å². The standard InChI is InChI=1S/C8H19NS/c1-4-5-10-7-8(2)6-9-3/h8-9H,4-7H2,1-3H3. The van der Waals surface area contributed by atoms with Gasteiger partial charge in [0.25, 0.3) is 0 Å². The summed E-state index contributed by atoms with van der Waals surface area (Å²) in [7, 11) is 2.01. The summed E-state index contributed by atoms with van der Waals surface area (Å²) in [6.45, 7) is 5.67. The highest BCUT2D eigenvalue weighted by atomic mass is 32.2. The van der Waals surface area contributed by atoms with E-state index in [0.717, 1.165) is 12.5 Å². The average molecular weight is 161 g/mol. The summed E-state index contributed by atoms with van der Waals surface area (Å²) >= 11 is 2.06. The van der Waals surface area contributed by atoms with Crippen LogP contribution in [-0.4, -0.2) is 25.1 Å². The molecular weight excluding hydrogens is 142 g/mol. The van der Waals surface area contributed by atoms with Crippen LogP contribution in [0.15, 0.2) is 0 Å². The summed E-state index contributed by atoms with van der Waals surface area (Å²) in [5, 5.41) is 3.18. The Hall–Kier alpha value is 0.310. The lowest BCUT2D eigenvalue weighted by Crippen LogP contribution is -2.17. The molecule has 0 radical (unpaired) electrons. The zero-order chi connectivity index (χ0) is 7.82. The Bertz CT molecular complexity index is 66.3. The van der Waals surface area contributed by atoms with E-state index in [2.05, 4.69) is 30.9 Å². The summed E-state index contributed by atoms with van der Waals surface area (Å²) in [5.41, 5.74) is 0. The molecule has 0 spiro atoms. The third-order valence-electron chi connectivity index (χ3n) is 1.30. The van der Waals surface area contributed by atoms with E-state index in [4.69, 9.17) is 0 Å². The molecule has 2 heteroatoms. The van der Waals surface area contributed by atoms with Crippen LogP contribution < -0.4 is 5.32 Å². The molecule has 1 unspecified atom stereocenters. The molecule has 0 aromatic heterocycles. The zero-order valence-electron chi connectivity index (χ0n) is 7.31. The first-order valence-corrected chi connectivity index (χ1v) is 5.19. The smallest absolute Gasteiger partial charge is 0.00183 e. The monoisotopic (exact) mass is 161 g/mol. The molecule has 1 N–H and O–H groups in total. The van der Waals surface area contributed by atoms with Crippen molar-refractivity contribution in [3.8, 4) is 0 Å². The summed E-state index contributed by atoms with van der Waals surface area (Å²) in [6, 6.07) is 0. The molecule has 10 heavy (non-hydrogen) atoms. The van der Waals surface area contributed by atoms with Crippen molar-refractivity contribution >= 4 is 11.8 Å². The molecule has 0 rings (SSSR count). The Morgan fingerprint density at radius 1 is 1.50 bits per heavy atom. The van der Waals surface area contributed by atoms with Crippen LogP contribution in [0, 0.1) is 5.92 Å². The van der Waals surface area contributed by atoms with Crippen LogP contribution in [-0.2, 0) is 0 Å². The second kappa shape index (κ2) is 7.42. The van der Waals surface area contributed by atoms with E-state index in [0.29, 0.717) is 0 Å². The molecule has 0 aromatic rings. The third kappa shape index (κ3) is 6.43. The summed E-state index contributed by atoms with van der Waals surface area (Å²) in [5.74, 6) is 3.43. The van der Waals surface area contributed by atoms with Gasteiger partial charge in [-0.05, 0) is 37.4 Å². The number of thioether (sulfide) groups is 1. The maximum absolute atomic E-state index is 3.18. The number of nitrogens with one attached hydrogen (secondary N) is 1. The first-order valence-electron chi connectivity index (χ1n) is 4.03. The predicted octanol–water partition coefficient (Wildman–Crippen LogP) is 1.99. The van der Waals surface area contributed by atoms with Gasteiger partial charge in [0.2, 0.25) is 0 Å². The van der Waals surface area contributed by atoms with E-state index in [1.54, 1.807) is 0 Å². The van der Waals surface area contributed by atoms with Crippen molar-refractivity contribution in [1.82, 2.24) is 5.32 Å². The van der Waals surface area contributed by atoms with E-state index in [9.17, 15) is 0 Å². The second-order valence-corrected chi connectivity index (χ2v) is 3.89. The summed E-state index contributed by atoms with van der Waals surface area (Å²) in [6.07, 6.45) is 1.30. The molecule has 0 saturated heterocycles. The number of hydrogen-bond acceptors (Lipinski definition) is 2. The Morgan fingerprint density at radius 3 is 2.70 bits per heavy atom. The Balaban J connectivity index is 2.97. The Morgan fingerprint density at radius 2 is 2.20 bits per heavy atom. The predicted molar refractivity (Wildman–Crippen MR) is 50.7 cm³/mol. The minimum absolute atomic E-state index is 0.821. The molecule has 0 amide bonds. The van der Waals surface area contributed by atoms with Gasteiger partial charge in [0.15, 0.2) is 0 Å². The highest BCUT2D eigenvalue weighted by molar-refractivity contribution is 7.99. The van der Waals surface area contributed by atoms with E-state index in [1.807, 2.05) is 7.05 Å². The van der Waals surface area contributed by atoms with Crippen LogP contribution in [0.4, 0.5) is 0 Å². The molecule has 0 aromatic carbocycles. The molecule has 0 saturated carbocycles. The van der Waals surface area contributed by atoms with Crippen LogP contribution in [0.25, 0.3) is 0 Å². The van der Waals surface area contributed by atoms with Gasteiger partial charge >= 0.3 is 0 Å². The van der Waals surface area contributed by atoms with Crippen LogP contribution in [0.1, 0.15) is 20.3 Å². The topological polar surface area (TPSA) is 12.0 Å². The van der Waals surface area contributed by atoms with Crippen LogP contribution in [0.5, 0.6) is 0 Å². The van der Waals surface area contributed by atoms with E-state index < -0.39 is 0 Å². The fourth-order valence-corrected chi connectivity index (χ4v) is 1.81. The Kier molecular flexibility index (Phi) is 7.65. The third-order valence-corrected chi connectivity index (χ3v) is 2.81. The Labute approximate surface area is 69.0 Å². The quantitative estimate of drug-likeness (QED) is 0.598. The minimum atomic E-state index is 0.821. The molecule has 0 bridgehead atoms. The summed E-state index contributed by atoms with van der Waals surface area (Å²) < 4.78 is 0. The summed E-state index contributed by atoms with van der Waals surface area (Å²) in [4.78, 5) is 0. The van der Waals surface area contributed by atoms with Crippen molar-refractivity contribution in [3.05, 3.63) is 0 Å². The highest BCUT2D eigenvalue weighted by Gasteiger charge is 1.98. The van der Waals surface area contributed by atoms with Crippen LogP contribution in [0.3, 0.4) is 0 Å². The highest BCUT2D eigenvalue weighted by Crippen LogP contribution is 2.07. The molecule has 1 nitrogen and oxygen atoms in total. The molecule has 62 valence electrons. The SMILES string of the molecule is CCCSCC(C)CNC. The maximum atomic E-state index is 3.18. The first kappa shape index (κ1) is 10.3. The number of hydrogen-bond donors (Lipinski definition) is 1. The van der Waals surface area contributed by atoms with Gasteiger partial charge in [-0.15, -0.1) is 0 Å². The number of rotatable bonds is 6.